The quantitative estimate of drug-likeness (QED) is 0.713. The van der Waals surface area contributed by atoms with Crippen LogP contribution in [0.15, 0.2) is 0 Å². The highest BCUT2D eigenvalue weighted by Crippen LogP contribution is 2.34. The van der Waals surface area contributed by atoms with E-state index >= 15 is 0 Å². The Morgan fingerprint density at radius 1 is 1.26 bits per heavy atom. The molecule has 1 saturated heterocycles. The molecule has 19 heavy (non-hydrogen) atoms. The minimum Gasteiger partial charge on any atom is -0.311 e. The summed E-state index contributed by atoms with van der Waals surface area (Å²) in [4.78, 5) is 5.17. The van der Waals surface area contributed by atoms with Crippen molar-refractivity contribution < 1.29 is 0 Å². The molecule has 0 amide bonds. The fourth-order valence-electron chi connectivity index (χ4n) is 3.01. The van der Waals surface area contributed by atoms with E-state index in [4.69, 9.17) is 0 Å². The molecule has 2 rings (SSSR count). The van der Waals surface area contributed by atoms with E-state index in [0.29, 0.717) is 6.04 Å². The van der Waals surface area contributed by atoms with Crippen LogP contribution < -0.4 is 5.32 Å². The monoisotopic (exact) mass is 267 g/mol. The van der Waals surface area contributed by atoms with Gasteiger partial charge in [-0.2, -0.15) is 0 Å². The lowest BCUT2D eigenvalue weighted by molar-refractivity contribution is 0.128. The highest BCUT2D eigenvalue weighted by atomic mass is 15.2. The van der Waals surface area contributed by atoms with Crippen LogP contribution >= 0.6 is 0 Å². The molecule has 3 heteroatoms. The Labute approximate surface area is 119 Å². The van der Waals surface area contributed by atoms with Gasteiger partial charge < -0.3 is 10.2 Å². The van der Waals surface area contributed by atoms with Crippen LogP contribution in [0.2, 0.25) is 0 Å². The van der Waals surface area contributed by atoms with Gasteiger partial charge >= 0.3 is 0 Å². The molecule has 2 unspecified atom stereocenters. The SMILES string of the molecule is CC(C)N(C)CCCCN1CC(C2CC2)NCC1C. The lowest BCUT2D eigenvalue weighted by Crippen LogP contribution is -2.56. The largest absolute Gasteiger partial charge is 0.311 e. The van der Waals surface area contributed by atoms with Gasteiger partial charge in [0.25, 0.3) is 0 Å². The van der Waals surface area contributed by atoms with Crippen molar-refractivity contribution in [2.24, 2.45) is 5.92 Å². The molecule has 2 fully saturated rings. The number of hydrogen-bond acceptors (Lipinski definition) is 3. The summed E-state index contributed by atoms with van der Waals surface area (Å²) in [5.41, 5.74) is 0. The third-order valence-corrected chi connectivity index (χ3v) is 5.01. The average Bonchev–Trinajstić information content (AvgIpc) is 3.20. The van der Waals surface area contributed by atoms with Gasteiger partial charge in [-0.25, -0.2) is 0 Å². The topological polar surface area (TPSA) is 18.5 Å². The maximum Gasteiger partial charge on any atom is 0.0224 e. The summed E-state index contributed by atoms with van der Waals surface area (Å²) >= 11 is 0. The van der Waals surface area contributed by atoms with E-state index in [0.717, 1.165) is 18.0 Å². The first-order valence-corrected chi connectivity index (χ1v) is 8.25. The number of unbranched alkanes of at least 4 members (excludes halogenated alkanes) is 1. The molecule has 0 aromatic rings. The number of rotatable bonds is 7. The van der Waals surface area contributed by atoms with Gasteiger partial charge in [0.1, 0.15) is 0 Å². The number of nitrogens with one attached hydrogen (secondary N) is 1. The number of hydrogen-bond donors (Lipinski definition) is 1. The van der Waals surface area contributed by atoms with Crippen molar-refractivity contribution in [1.29, 1.82) is 0 Å². The minimum atomic E-state index is 0.678. The maximum absolute atomic E-state index is 3.73. The Hall–Kier alpha value is -0.120. The Bertz CT molecular complexity index is 263. The molecule has 2 atom stereocenters. The molecule has 0 aromatic heterocycles. The van der Waals surface area contributed by atoms with Gasteiger partial charge in [-0.3, -0.25) is 4.90 Å². The van der Waals surface area contributed by atoms with Gasteiger partial charge in [0.15, 0.2) is 0 Å². The predicted octanol–water partition coefficient (Wildman–Crippen LogP) is 2.18. The Balaban J connectivity index is 1.63. The van der Waals surface area contributed by atoms with Crippen molar-refractivity contribution >= 4 is 0 Å². The zero-order valence-electron chi connectivity index (χ0n) is 13.4. The second kappa shape index (κ2) is 7.05. The molecule has 1 heterocycles. The van der Waals surface area contributed by atoms with Gasteiger partial charge in [-0.05, 0) is 72.5 Å². The van der Waals surface area contributed by atoms with Gasteiger partial charge in [0, 0.05) is 31.2 Å². The first kappa shape index (κ1) is 15.3. The van der Waals surface area contributed by atoms with E-state index in [2.05, 4.69) is 42.9 Å². The molecule has 0 radical (unpaired) electrons. The normalized spacial score (nSPS) is 29.4. The summed E-state index contributed by atoms with van der Waals surface area (Å²) < 4.78 is 0. The van der Waals surface area contributed by atoms with Crippen LogP contribution in [-0.2, 0) is 0 Å². The van der Waals surface area contributed by atoms with Crippen LogP contribution in [0.25, 0.3) is 0 Å². The molecular formula is C16H33N3. The first-order valence-electron chi connectivity index (χ1n) is 8.25. The number of piperazine rings is 1. The Morgan fingerprint density at radius 2 is 2.00 bits per heavy atom. The van der Waals surface area contributed by atoms with Gasteiger partial charge in [-0.15, -0.1) is 0 Å². The summed E-state index contributed by atoms with van der Waals surface area (Å²) in [7, 11) is 2.24. The first-order chi connectivity index (χ1) is 9.08. The standard InChI is InChI=1S/C16H33N3/c1-13(2)18(4)9-5-6-10-19-12-16(15-7-8-15)17-11-14(19)3/h13-17H,5-12H2,1-4H3. The van der Waals surface area contributed by atoms with Crippen molar-refractivity contribution in [2.45, 2.75) is 64.6 Å². The van der Waals surface area contributed by atoms with Crippen LogP contribution in [0, 0.1) is 5.92 Å². The van der Waals surface area contributed by atoms with Crippen LogP contribution in [-0.4, -0.2) is 61.2 Å². The molecule has 0 aromatic carbocycles. The third-order valence-electron chi connectivity index (χ3n) is 5.01. The average molecular weight is 267 g/mol. The van der Waals surface area contributed by atoms with E-state index in [-0.39, 0.29) is 0 Å². The summed E-state index contributed by atoms with van der Waals surface area (Å²) in [6, 6.07) is 2.18. The Kier molecular flexibility index (Phi) is 5.67. The molecule has 1 aliphatic heterocycles. The minimum absolute atomic E-state index is 0.678. The zero-order valence-corrected chi connectivity index (χ0v) is 13.4. The fourth-order valence-corrected chi connectivity index (χ4v) is 3.01. The van der Waals surface area contributed by atoms with E-state index < -0.39 is 0 Å². The summed E-state index contributed by atoms with van der Waals surface area (Å²) in [6.45, 7) is 11.9. The highest BCUT2D eigenvalue weighted by Gasteiger charge is 2.35. The van der Waals surface area contributed by atoms with Crippen LogP contribution in [0.5, 0.6) is 0 Å². The van der Waals surface area contributed by atoms with Crippen LogP contribution in [0.4, 0.5) is 0 Å². The van der Waals surface area contributed by atoms with E-state index in [1.165, 1.54) is 51.9 Å². The van der Waals surface area contributed by atoms with Crippen molar-refractivity contribution in [3.8, 4) is 0 Å². The smallest absolute Gasteiger partial charge is 0.0224 e. The third kappa shape index (κ3) is 4.73. The maximum atomic E-state index is 3.73. The van der Waals surface area contributed by atoms with Crippen molar-refractivity contribution in [3.05, 3.63) is 0 Å². The highest BCUT2D eigenvalue weighted by molar-refractivity contribution is 4.93. The van der Waals surface area contributed by atoms with E-state index in [1.807, 2.05) is 0 Å². The van der Waals surface area contributed by atoms with Gasteiger partial charge in [-0.1, -0.05) is 0 Å². The van der Waals surface area contributed by atoms with Crippen LogP contribution in [0.1, 0.15) is 46.5 Å². The molecule has 3 nitrogen and oxygen atoms in total. The molecule has 112 valence electrons. The summed E-state index contributed by atoms with van der Waals surface area (Å²) in [5, 5.41) is 3.73. The zero-order chi connectivity index (χ0) is 13.8. The molecule has 2 aliphatic rings. The molecule has 1 N–H and O–H groups in total. The molecule has 0 spiro atoms. The Morgan fingerprint density at radius 3 is 2.63 bits per heavy atom. The predicted molar refractivity (Wildman–Crippen MR) is 82.5 cm³/mol. The van der Waals surface area contributed by atoms with Gasteiger partial charge in [0.05, 0.1) is 0 Å². The van der Waals surface area contributed by atoms with E-state index in [1.54, 1.807) is 0 Å². The molecule has 1 aliphatic carbocycles. The van der Waals surface area contributed by atoms with Crippen LogP contribution in [0.3, 0.4) is 0 Å². The lowest BCUT2D eigenvalue weighted by atomic mass is 10.1. The number of nitrogens with zero attached hydrogens (tertiary/aromatic N) is 2. The lowest BCUT2D eigenvalue weighted by Gasteiger charge is -2.39. The van der Waals surface area contributed by atoms with Crippen molar-refractivity contribution in [3.63, 3.8) is 0 Å². The van der Waals surface area contributed by atoms with E-state index in [9.17, 15) is 0 Å². The summed E-state index contributed by atoms with van der Waals surface area (Å²) in [5.74, 6) is 0.988. The van der Waals surface area contributed by atoms with Gasteiger partial charge in [0.2, 0.25) is 0 Å². The van der Waals surface area contributed by atoms with Crippen molar-refractivity contribution in [1.82, 2.24) is 15.1 Å². The fraction of sp³-hybridized carbons (Fsp3) is 1.00. The molecule has 1 saturated carbocycles. The second-order valence-electron chi connectivity index (χ2n) is 6.98. The molecule has 0 bridgehead atoms. The second-order valence-corrected chi connectivity index (χ2v) is 6.98. The molecular weight excluding hydrogens is 234 g/mol. The van der Waals surface area contributed by atoms with Crippen molar-refractivity contribution in [2.75, 3.05) is 33.2 Å². The summed E-state index contributed by atoms with van der Waals surface area (Å²) in [6.07, 6.45) is 5.59.